The molecule has 0 saturated heterocycles. The fourth-order valence-electron chi connectivity index (χ4n) is 3.02. The second kappa shape index (κ2) is 13.4. The third-order valence-corrected chi connectivity index (χ3v) is 4.85. The fraction of sp³-hybridized carbons (Fsp3) is 0.280. The standard InChI is InChI=1S/C12H13NO2.C9H8.C4H7BrO2/c1-2-15-12(14)9-13-8-7-10-5-3-4-6-11(10)13;1-2-5-9-7-3-6-8(9)4-1;1-2-7-4(6)3-5/h3-8H,2,9H2,1H3;1-6H,7H2;2-3H2,1H3. The number of fused-ring (bicyclic) bond motifs is 2. The third kappa shape index (κ3) is 8.06. The Kier molecular flexibility index (Phi) is 10.6. The van der Waals surface area contributed by atoms with Crippen molar-refractivity contribution in [2.75, 3.05) is 18.5 Å². The highest BCUT2D eigenvalue weighted by molar-refractivity contribution is 9.09. The number of hydrogen-bond donors (Lipinski definition) is 0. The molecular weight excluding hydrogens is 458 g/mol. The highest BCUT2D eigenvalue weighted by Gasteiger charge is 2.05. The minimum Gasteiger partial charge on any atom is -0.465 e. The smallest absolute Gasteiger partial charge is 0.325 e. The summed E-state index contributed by atoms with van der Waals surface area (Å²) in [5.74, 6) is -0.402. The highest BCUT2D eigenvalue weighted by Crippen LogP contribution is 2.17. The fourth-order valence-corrected chi connectivity index (χ4v) is 3.18. The van der Waals surface area contributed by atoms with Gasteiger partial charge in [0.2, 0.25) is 0 Å². The summed E-state index contributed by atoms with van der Waals surface area (Å²) in [6, 6.07) is 18.5. The molecule has 164 valence electrons. The average molecular weight is 486 g/mol. The van der Waals surface area contributed by atoms with Gasteiger partial charge in [-0.25, -0.2) is 0 Å². The first kappa shape index (κ1) is 24.4. The topological polar surface area (TPSA) is 57.5 Å². The number of para-hydroxylation sites is 1. The number of rotatable bonds is 5. The van der Waals surface area contributed by atoms with Gasteiger partial charge in [-0.2, -0.15) is 0 Å². The van der Waals surface area contributed by atoms with E-state index < -0.39 is 0 Å². The van der Waals surface area contributed by atoms with Gasteiger partial charge in [-0.05, 0) is 48.9 Å². The SMILES string of the molecule is C1=Cc2ccccc2C1.CCOC(=O)CBr.CCOC(=O)Cn1ccc2ccccc21. The Bertz CT molecular complexity index is 1010. The predicted molar refractivity (Wildman–Crippen MR) is 128 cm³/mol. The summed E-state index contributed by atoms with van der Waals surface area (Å²) in [5.41, 5.74) is 3.90. The maximum absolute atomic E-state index is 11.3. The number of halogens is 1. The number of esters is 2. The summed E-state index contributed by atoms with van der Waals surface area (Å²) in [6.45, 7) is 4.76. The van der Waals surface area contributed by atoms with Gasteiger partial charge >= 0.3 is 11.9 Å². The Morgan fingerprint density at radius 1 is 0.935 bits per heavy atom. The Morgan fingerprint density at radius 2 is 1.61 bits per heavy atom. The molecule has 1 heterocycles. The largest absolute Gasteiger partial charge is 0.465 e. The lowest BCUT2D eigenvalue weighted by atomic mass is 10.1. The molecule has 2 aromatic carbocycles. The van der Waals surface area contributed by atoms with Crippen LogP contribution in [0.4, 0.5) is 0 Å². The number of carbonyl (C=O) groups excluding carboxylic acids is 2. The Balaban J connectivity index is 0.000000182. The summed E-state index contributed by atoms with van der Waals surface area (Å²) in [4.78, 5) is 21.5. The molecule has 0 spiro atoms. The van der Waals surface area contributed by atoms with E-state index in [1.54, 1.807) is 6.92 Å². The number of allylic oxidation sites excluding steroid dienone is 1. The molecule has 1 aliphatic carbocycles. The second-order valence-corrected chi connectivity index (χ2v) is 7.11. The lowest BCUT2D eigenvalue weighted by Crippen LogP contribution is -2.12. The number of ether oxygens (including phenoxy) is 2. The number of alkyl halides is 1. The maximum Gasteiger partial charge on any atom is 0.325 e. The van der Waals surface area contributed by atoms with Crippen molar-refractivity contribution < 1.29 is 19.1 Å². The van der Waals surface area contributed by atoms with E-state index in [-0.39, 0.29) is 18.5 Å². The van der Waals surface area contributed by atoms with Crippen molar-refractivity contribution >= 4 is 44.8 Å². The summed E-state index contributed by atoms with van der Waals surface area (Å²) in [5, 5.41) is 1.43. The van der Waals surface area contributed by atoms with Crippen LogP contribution in [-0.2, 0) is 32.0 Å². The average Bonchev–Trinajstić information content (AvgIpc) is 3.42. The third-order valence-electron chi connectivity index (χ3n) is 4.39. The van der Waals surface area contributed by atoms with Gasteiger partial charge in [0.05, 0.1) is 13.2 Å². The minimum atomic E-state index is -0.206. The van der Waals surface area contributed by atoms with E-state index in [1.807, 2.05) is 48.0 Å². The zero-order valence-corrected chi connectivity index (χ0v) is 19.5. The van der Waals surface area contributed by atoms with Gasteiger partial charge in [0.15, 0.2) is 0 Å². The first-order chi connectivity index (χ1) is 15.1. The van der Waals surface area contributed by atoms with Gasteiger partial charge < -0.3 is 14.0 Å². The maximum atomic E-state index is 11.3. The predicted octanol–water partition coefficient (Wildman–Crippen LogP) is 5.40. The first-order valence-electron chi connectivity index (χ1n) is 10.2. The second-order valence-electron chi connectivity index (χ2n) is 6.55. The van der Waals surface area contributed by atoms with Crippen molar-refractivity contribution in [1.29, 1.82) is 0 Å². The van der Waals surface area contributed by atoms with Gasteiger partial charge in [0.1, 0.15) is 11.9 Å². The van der Waals surface area contributed by atoms with Crippen LogP contribution < -0.4 is 0 Å². The molecule has 4 rings (SSSR count). The zero-order chi connectivity index (χ0) is 22.5. The van der Waals surface area contributed by atoms with Crippen LogP contribution in [0.25, 0.3) is 17.0 Å². The summed E-state index contributed by atoms with van der Waals surface area (Å²) in [7, 11) is 0. The van der Waals surface area contributed by atoms with Crippen LogP contribution in [-0.4, -0.2) is 35.0 Å². The molecule has 0 radical (unpaired) electrons. The zero-order valence-electron chi connectivity index (χ0n) is 17.9. The van der Waals surface area contributed by atoms with Gasteiger partial charge in [-0.15, -0.1) is 0 Å². The van der Waals surface area contributed by atoms with E-state index in [2.05, 4.69) is 57.1 Å². The number of nitrogens with zero attached hydrogens (tertiary/aromatic N) is 1. The Labute approximate surface area is 191 Å². The Hall–Kier alpha value is -2.86. The van der Waals surface area contributed by atoms with Crippen molar-refractivity contribution in [2.45, 2.75) is 26.8 Å². The Morgan fingerprint density at radius 3 is 2.29 bits per heavy atom. The molecule has 0 aliphatic heterocycles. The lowest BCUT2D eigenvalue weighted by molar-refractivity contribution is -0.143. The first-order valence-corrected chi connectivity index (χ1v) is 11.4. The van der Waals surface area contributed by atoms with Gasteiger partial charge in [0.25, 0.3) is 0 Å². The minimum absolute atomic E-state index is 0.196. The number of carbonyl (C=O) groups is 2. The molecule has 0 N–H and O–H groups in total. The molecule has 0 bridgehead atoms. The monoisotopic (exact) mass is 485 g/mol. The van der Waals surface area contributed by atoms with Crippen LogP contribution in [0, 0.1) is 0 Å². The molecule has 31 heavy (non-hydrogen) atoms. The number of hydrogen-bond acceptors (Lipinski definition) is 4. The van der Waals surface area contributed by atoms with Crippen molar-refractivity contribution in [3.63, 3.8) is 0 Å². The van der Waals surface area contributed by atoms with Crippen molar-refractivity contribution in [2.24, 2.45) is 0 Å². The van der Waals surface area contributed by atoms with E-state index in [1.165, 1.54) is 11.1 Å². The summed E-state index contributed by atoms with van der Waals surface area (Å²) < 4.78 is 11.3. The molecule has 0 unspecified atom stereocenters. The lowest BCUT2D eigenvalue weighted by Gasteiger charge is -2.04. The van der Waals surface area contributed by atoms with E-state index in [4.69, 9.17) is 4.74 Å². The molecule has 6 heteroatoms. The van der Waals surface area contributed by atoms with Crippen LogP contribution in [0.3, 0.4) is 0 Å². The molecule has 0 atom stereocenters. The molecule has 0 amide bonds. The van der Waals surface area contributed by atoms with Crippen molar-refractivity contribution in [3.8, 4) is 0 Å². The van der Waals surface area contributed by atoms with Crippen LogP contribution in [0.15, 0.2) is 66.9 Å². The van der Waals surface area contributed by atoms with Gasteiger partial charge in [-0.1, -0.05) is 70.5 Å². The van der Waals surface area contributed by atoms with E-state index in [0.29, 0.717) is 18.5 Å². The van der Waals surface area contributed by atoms with E-state index in [9.17, 15) is 9.59 Å². The molecule has 0 saturated carbocycles. The van der Waals surface area contributed by atoms with E-state index in [0.717, 1.165) is 17.3 Å². The van der Waals surface area contributed by atoms with E-state index >= 15 is 0 Å². The summed E-state index contributed by atoms with van der Waals surface area (Å²) >= 11 is 2.94. The van der Waals surface area contributed by atoms with Crippen molar-refractivity contribution in [3.05, 3.63) is 78.0 Å². The molecule has 3 aromatic rings. The molecule has 1 aromatic heterocycles. The highest BCUT2D eigenvalue weighted by atomic mass is 79.9. The quantitative estimate of drug-likeness (QED) is 0.358. The molecule has 1 aliphatic rings. The molecule has 5 nitrogen and oxygen atoms in total. The number of benzene rings is 2. The summed E-state index contributed by atoms with van der Waals surface area (Å²) in [6.07, 6.45) is 7.40. The molecular formula is C25H28BrNO4. The van der Waals surface area contributed by atoms with Crippen LogP contribution in [0.1, 0.15) is 25.0 Å². The number of aromatic nitrogens is 1. The normalized spacial score (nSPS) is 10.9. The van der Waals surface area contributed by atoms with Crippen LogP contribution in [0.5, 0.6) is 0 Å². The van der Waals surface area contributed by atoms with Crippen molar-refractivity contribution in [1.82, 2.24) is 4.57 Å². The van der Waals surface area contributed by atoms with Crippen LogP contribution in [0.2, 0.25) is 0 Å². The molecule has 0 fully saturated rings. The van der Waals surface area contributed by atoms with Gasteiger partial charge in [-0.3, -0.25) is 9.59 Å². The van der Waals surface area contributed by atoms with Gasteiger partial charge in [0, 0.05) is 11.7 Å². The van der Waals surface area contributed by atoms with Crippen LogP contribution >= 0.6 is 15.9 Å².